The maximum Gasteiger partial charge on any atom is 0.255 e. The first-order valence-electron chi connectivity index (χ1n) is 9.66. The van der Waals surface area contributed by atoms with Crippen LogP contribution in [0.15, 0.2) is 75.7 Å². The Morgan fingerprint density at radius 2 is 2.03 bits per heavy atom. The van der Waals surface area contributed by atoms with Gasteiger partial charge in [-0.3, -0.25) is 9.59 Å². The van der Waals surface area contributed by atoms with Crippen molar-refractivity contribution in [3.05, 3.63) is 81.2 Å². The number of aromatic nitrogens is 1. The molecule has 2 atom stereocenters. The molecule has 2 aromatic rings. The number of nitrogens with zero attached hydrogens (tertiary/aromatic N) is 1. The quantitative estimate of drug-likeness (QED) is 0.709. The molecule has 1 aromatic carbocycles. The fraction of sp³-hybridized carbons (Fsp3) is 0.261. The largest absolute Gasteiger partial charge is 0.362 e. The molecule has 0 saturated carbocycles. The highest BCUT2D eigenvalue weighted by Gasteiger charge is 2.39. The molecular weight excluding hydrogens is 430 g/mol. The third kappa shape index (κ3) is 3.90. The number of hydrogen-bond acceptors (Lipinski definition) is 4. The van der Waals surface area contributed by atoms with E-state index < -0.39 is 5.92 Å². The number of allylic oxidation sites excluding steroid dienone is 3. The van der Waals surface area contributed by atoms with E-state index in [2.05, 4.69) is 38.5 Å². The summed E-state index contributed by atoms with van der Waals surface area (Å²) in [4.78, 5) is 30.6. The van der Waals surface area contributed by atoms with E-state index in [1.807, 2.05) is 37.3 Å². The number of ketones is 1. The van der Waals surface area contributed by atoms with Crippen molar-refractivity contribution in [3.63, 3.8) is 0 Å². The summed E-state index contributed by atoms with van der Waals surface area (Å²) in [6, 6.07) is 13.2. The number of dihydropyridines is 1. The number of Topliss-reactive ketones (excluding diaryl/α,β-unsaturated/α-hetero) is 1. The zero-order valence-electron chi connectivity index (χ0n) is 16.3. The van der Waals surface area contributed by atoms with Gasteiger partial charge in [-0.05, 0) is 49.1 Å². The van der Waals surface area contributed by atoms with E-state index in [0.717, 1.165) is 27.9 Å². The van der Waals surface area contributed by atoms with Gasteiger partial charge in [0.15, 0.2) is 5.78 Å². The fourth-order valence-corrected chi connectivity index (χ4v) is 4.59. The van der Waals surface area contributed by atoms with Crippen molar-refractivity contribution < 1.29 is 9.59 Å². The molecule has 1 aliphatic carbocycles. The highest BCUT2D eigenvalue weighted by atomic mass is 79.9. The van der Waals surface area contributed by atoms with E-state index in [4.69, 9.17) is 0 Å². The zero-order chi connectivity index (χ0) is 20.5. The van der Waals surface area contributed by atoms with Crippen LogP contribution < -0.4 is 10.6 Å². The Kier molecular flexibility index (Phi) is 5.37. The van der Waals surface area contributed by atoms with Crippen molar-refractivity contribution >= 4 is 33.4 Å². The van der Waals surface area contributed by atoms with E-state index in [1.54, 1.807) is 18.3 Å². The second kappa shape index (κ2) is 7.95. The minimum atomic E-state index is -0.410. The van der Waals surface area contributed by atoms with Crippen LogP contribution >= 0.6 is 15.9 Å². The number of pyridine rings is 1. The smallest absolute Gasteiger partial charge is 0.255 e. The van der Waals surface area contributed by atoms with Crippen LogP contribution in [0.5, 0.6) is 0 Å². The second-order valence-corrected chi connectivity index (χ2v) is 8.57. The summed E-state index contributed by atoms with van der Waals surface area (Å²) >= 11 is 3.52. The Labute approximate surface area is 178 Å². The third-order valence-electron chi connectivity index (χ3n) is 5.36. The Morgan fingerprint density at radius 3 is 2.76 bits per heavy atom. The number of nitrogens with one attached hydrogen (secondary N) is 2. The first kappa shape index (κ1) is 19.6. The number of benzene rings is 1. The molecule has 1 amide bonds. The minimum Gasteiger partial charge on any atom is -0.362 e. The monoisotopic (exact) mass is 451 g/mol. The highest BCUT2D eigenvalue weighted by molar-refractivity contribution is 9.10. The number of hydrogen-bond donors (Lipinski definition) is 2. The molecule has 4 rings (SSSR count). The van der Waals surface area contributed by atoms with Crippen molar-refractivity contribution in [2.75, 3.05) is 5.32 Å². The molecule has 0 spiro atoms. The predicted octanol–water partition coefficient (Wildman–Crippen LogP) is 4.70. The first-order valence-corrected chi connectivity index (χ1v) is 10.4. The molecule has 5 nitrogen and oxygen atoms in total. The van der Waals surface area contributed by atoms with Crippen LogP contribution in [0.2, 0.25) is 0 Å². The summed E-state index contributed by atoms with van der Waals surface area (Å²) in [6.07, 6.45) is 2.94. The summed E-state index contributed by atoms with van der Waals surface area (Å²) in [5.74, 6) is 0.207. The van der Waals surface area contributed by atoms with Crippen LogP contribution in [-0.4, -0.2) is 16.7 Å². The fourth-order valence-electron chi connectivity index (χ4n) is 4.17. The number of carbonyl (C=O) groups is 2. The average Bonchev–Trinajstić information content (AvgIpc) is 2.67. The molecule has 29 heavy (non-hydrogen) atoms. The van der Waals surface area contributed by atoms with E-state index in [0.29, 0.717) is 23.4 Å². The Hall–Kier alpha value is -2.73. The number of amides is 1. The van der Waals surface area contributed by atoms with Crippen LogP contribution in [0.4, 0.5) is 5.82 Å². The van der Waals surface area contributed by atoms with Crippen LogP contribution in [0.25, 0.3) is 0 Å². The van der Waals surface area contributed by atoms with Gasteiger partial charge in [0.05, 0.1) is 0 Å². The van der Waals surface area contributed by atoms with Crippen molar-refractivity contribution in [2.24, 2.45) is 5.92 Å². The van der Waals surface area contributed by atoms with Crippen molar-refractivity contribution in [1.82, 2.24) is 10.3 Å². The molecule has 2 heterocycles. The van der Waals surface area contributed by atoms with Crippen molar-refractivity contribution in [3.8, 4) is 0 Å². The van der Waals surface area contributed by atoms with Gasteiger partial charge in [0.2, 0.25) is 0 Å². The van der Waals surface area contributed by atoms with Crippen molar-refractivity contribution in [2.45, 2.75) is 32.6 Å². The van der Waals surface area contributed by atoms with E-state index in [-0.39, 0.29) is 17.6 Å². The molecule has 2 unspecified atom stereocenters. The average molecular weight is 452 g/mol. The summed E-state index contributed by atoms with van der Waals surface area (Å²) in [5.41, 5.74) is 3.88. The van der Waals surface area contributed by atoms with Crippen LogP contribution in [0.1, 0.15) is 38.2 Å². The van der Waals surface area contributed by atoms with Gasteiger partial charge in [-0.15, -0.1) is 0 Å². The highest BCUT2D eigenvalue weighted by Crippen LogP contribution is 2.43. The lowest BCUT2D eigenvalue weighted by molar-refractivity contribution is -0.117. The molecule has 2 aliphatic rings. The van der Waals surface area contributed by atoms with Gasteiger partial charge in [0.25, 0.3) is 5.91 Å². The SMILES string of the molecule is CC1=C(C(=O)Nc2ccccn2)C(c2cccc(Br)c2)C2=C(CC(C)CC2=O)N1. The molecule has 1 aliphatic heterocycles. The van der Waals surface area contributed by atoms with Crippen LogP contribution in [0.3, 0.4) is 0 Å². The Bertz CT molecular complexity index is 1040. The van der Waals surface area contributed by atoms with Gasteiger partial charge in [-0.1, -0.05) is 41.1 Å². The first-order chi connectivity index (χ1) is 13.9. The summed E-state index contributed by atoms with van der Waals surface area (Å²) in [6.45, 7) is 3.98. The standard InChI is InChI=1S/C23H22BrN3O2/c1-13-10-17-22(18(28)11-13)21(15-6-5-7-16(24)12-15)20(14(2)26-17)23(29)27-19-8-3-4-9-25-19/h3-9,12-13,21,26H,10-11H2,1-2H3,(H,25,27,29). The van der Waals surface area contributed by atoms with Crippen LogP contribution in [0, 0.1) is 5.92 Å². The lowest BCUT2D eigenvalue weighted by Gasteiger charge is -2.36. The van der Waals surface area contributed by atoms with Gasteiger partial charge < -0.3 is 10.6 Å². The van der Waals surface area contributed by atoms with Gasteiger partial charge >= 0.3 is 0 Å². The minimum absolute atomic E-state index is 0.104. The number of carbonyl (C=O) groups excluding carboxylic acids is 2. The van der Waals surface area contributed by atoms with E-state index >= 15 is 0 Å². The van der Waals surface area contributed by atoms with Crippen molar-refractivity contribution in [1.29, 1.82) is 0 Å². The Balaban J connectivity index is 1.81. The maximum atomic E-state index is 13.3. The lowest BCUT2D eigenvalue weighted by atomic mass is 9.73. The molecule has 1 aromatic heterocycles. The Morgan fingerprint density at radius 1 is 1.21 bits per heavy atom. The second-order valence-electron chi connectivity index (χ2n) is 7.65. The predicted molar refractivity (Wildman–Crippen MR) is 116 cm³/mol. The summed E-state index contributed by atoms with van der Waals surface area (Å²) in [7, 11) is 0. The lowest BCUT2D eigenvalue weighted by Crippen LogP contribution is -2.37. The van der Waals surface area contributed by atoms with Gasteiger partial charge in [-0.2, -0.15) is 0 Å². The maximum absolute atomic E-state index is 13.3. The zero-order valence-corrected chi connectivity index (χ0v) is 17.9. The number of rotatable bonds is 3. The molecule has 2 N–H and O–H groups in total. The third-order valence-corrected chi connectivity index (χ3v) is 5.86. The molecule has 0 saturated heterocycles. The number of halogens is 1. The summed E-state index contributed by atoms with van der Waals surface area (Å²) < 4.78 is 0.912. The molecule has 0 radical (unpaired) electrons. The summed E-state index contributed by atoms with van der Waals surface area (Å²) in [5, 5.41) is 6.24. The van der Waals surface area contributed by atoms with Gasteiger partial charge in [0, 0.05) is 45.5 Å². The van der Waals surface area contributed by atoms with Crippen LogP contribution in [-0.2, 0) is 9.59 Å². The van der Waals surface area contributed by atoms with Gasteiger partial charge in [0.1, 0.15) is 5.82 Å². The molecular formula is C23H22BrN3O2. The normalized spacial score (nSPS) is 21.6. The van der Waals surface area contributed by atoms with Gasteiger partial charge in [-0.25, -0.2) is 4.98 Å². The molecule has 148 valence electrons. The van der Waals surface area contributed by atoms with E-state index in [9.17, 15) is 9.59 Å². The topological polar surface area (TPSA) is 71.1 Å². The van der Waals surface area contributed by atoms with E-state index in [1.165, 1.54) is 0 Å². The molecule has 6 heteroatoms. The molecule has 0 fully saturated rings. The molecule has 0 bridgehead atoms. The number of anilines is 1.